The van der Waals surface area contributed by atoms with Crippen molar-refractivity contribution in [1.29, 1.82) is 5.26 Å². The van der Waals surface area contributed by atoms with Gasteiger partial charge in [0.05, 0.1) is 18.1 Å². The van der Waals surface area contributed by atoms with Crippen LogP contribution in [-0.4, -0.2) is 58.3 Å². The van der Waals surface area contributed by atoms with E-state index in [0.717, 1.165) is 9.13 Å². The molecular weight excluding hydrogens is 519 g/mol. The van der Waals surface area contributed by atoms with E-state index >= 15 is 0 Å². The van der Waals surface area contributed by atoms with Crippen LogP contribution in [0.4, 0.5) is 16.2 Å². The molecule has 0 radical (unpaired) electrons. The van der Waals surface area contributed by atoms with Crippen molar-refractivity contribution in [2.24, 2.45) is 18.9 Å². The second-order valence-electron chi connectivity index (χ2n) is 10.3. The van der Waals surface area contributed by atoms with Crippen LogP contribution in [0.15, 0.2) is 46.5 Å². The first kappa shape index (κ1) is 25.4. The van der Waals surface area contributed by atoms with Gasteiger partial charge in [-0.25, -0.2) is 33.7 Å². The van der Waals surface area contributed by atoms with Gasteiger partial charge in [0.1, 0.15) is 24.1 Å². The zero-order chi connectivity index (χ0) is 28.3. The molecule has 5 heterocycles. The first-order chi connectivity index (χ1) is 19.1. The fraction of sp³-hybridized carbons (Fsp3) is 0.385. The number of nitrogens with zero attached hydrogens (tertiary/aromatic N) is 9. The summed E-state index contributed by atoms with van der Waals surface area (Å²) in [7, 11) is 1.44. The topological polar surface area (TPSA) is 157 Å². The van der Waals surface area contributed by atoms with Gasteiger partial charge in [-0.3, -0.25) is 14.2 Å². The molecule has 40 heavy (non-hydrogen) atoms. The number of halogens is 1. The summed E-state index contributed by atoms with van der Waals surface area (Å²) in [5.41, 5.74) is -1.12. The number of fused-ring (bicyclic) bond motifs is 2. The minimum absolute atomic E-state index is 0.0328. The van der Waals surface area contributed by atoms with E-state index in [4.69, 9.17) is 5.26 Å². The predicted octanol–water partition coefficient (Wildman–Crippen LogP) is 1.27. The third-order valence-electron chi connectivity index (χ3n) is 7.96. The summed E-state index contributed by atoms with van der Waals surface area (Å²) < 4.78 is 17.5. The minimum Gasteiger partial charge on any atom is -0.340 e. The molecule has 13 nitrogen and oxygen atoms in total. The Bertz CT molecular complexity index is 1800. The fourth-order valence-electron chi connectivity index (χ4n) is 5.42. The lowest BCUT2D eigenvalue weighted by Gasteiger charge is -2.20. The number of hydrogen-bond donors (Lipinski definition) is 1. The van der Waals surface area contributed by atoms with E-state index in [2.05, 4.69) is 25.3 Å². The van der Waals surface area contributed by atoms with E-state index in [1.54, 1.807) is 50.5 Å². The molecule has 14 heteroatoms. The fourth-order valence-corrected chi connectivity index (χ4v) is 5.42. The molecule has 1 saturated carbocycles. The van der Waals surface area contributed by atoms with Gasteiger partial charge in [0.2, 0.25) is 11.9 Å². The van der Waals surface area contributed by atoms with Gasteiger partial charge in [-0.05, 0) is 26.0 Å². The molecule has 0 spiro atoms. The summed E-state index contributed by atoms with van der Waals surface area (Å²) >= 11 is 0. The number of piperidine rings is 1. The molecule has 4 aromatic rings. The number of nitriles is 1. The van der Waals surface area contributed by atoms with Gasteiger partial charge in [-0.15, -0.1) is 0 Å². The number of carbonyl (C=O) groups excluding carboxylic acids is 1. The Labute approximate surface area is 226 Å². The molecule has 1 amide bonds. The molecular formula is C26H25FN10O3. The smallest absolute Gasteiger partial charge is 0.333 e. The van der Waals surface area contributed by atoms with Crippen LogP contribution in [0.3, 0.4) is 0 Å². The van der Waals surface area contributed by atoms with Crippen LogP contribution in [0.2, 0.25) is 0 Å². The molecule has 2 unspecified atom stereocenters. The summed E-state index contributed by atoms with van der Waals surface area (Å²) in [5, 5.41) is 11.8. The highest BCUT2D eigenvalue weighted by Crippen LogP contribution is 2.58. The number of aryl methyl sites for hydroxylation is 1. The Morgan fingerprint density at radius 3 is 2.60 bits per heavy atom. The number of carbonyl (C=O) groups is 1. The lowest BCUT2D eigenvalue weighted by molar-refractivity contribution is -0.118. The van der Waals surface area contributed by atoms with E-state index in [9.17, 15) is 18.8 Å². The van der Waals surface area contributed by atoms with Crippen molar-refractivity contribution in [3.63, 3.8) is 0 Å². The maximum absolute atomic E-state index is 14.2. The number of rotatable bonds is 6. The maximum atomic E-state index is 14.2. The first-order valence-electron chi connectivity index (χ1n) is 12.7. The normalized spacial score (nSPS) is 22.1. The third kappa shape index (κ3) is 3.93. The summed E-state index contributed by atoms with van der Waals surface area (Å²) in [5.74, 6) is 0.419. The Morgan fingerprint density at radius 1 is 1.23 bits per heavy atom. The van der Waals surface area contributed by atoms with Crippen LogP contribution < -0.4 is 21.5 Å². The average Bonchev–Trinajstić information content (AvgIpc) is 3.38. The molecule has 4 aromatic heterocycles. The lowest BCUT2D eigenvalue weighted by Crippen LogP contribution is -2.40. The molecule has 204 valence electrons. The molecule has 0 aromatic carbocycles. The van der Waals surface area contributed by atoms with Crippen LogP contribution >= 0.6 is 0 Å². The van der Waals surface area contributed by atoms with E-state index in [0.29, 0.717) is 30.3 Å². The van der Waals surface area contributed by atoms with Crippen LogP contribution in [0.25, 0.3) is 22.4 Å². The summed E-state index contributed by atoms with van der Waals surface area (Å²) in [6, 6.07) is 6.03. The number of alkyl halides is 1. The van der Waals surface area contributed by atoms with Crippen molar-refractivity contribution in [3.8, 4) is 17.3 Å². The number of hydrogen-bond acceptors (Lipinski definition) is 9. The number of imidazole rings is 1. The van der Waals surface area contributed by atoms with Crippen molar-refractivity contribution < 1.29 is 9.18 Å². The van der Waals surface area contributed by atoms with Gasteiger partial charge in [-0.2, -0.15) is 5.26 Å². The van der Waals surface area contributed by atoms with E-state index < -0.39 is 35.4 Å². The second-order valence-corrected chi connectivity index (χ2v) is 10.3. The first-order valence-corrected chi connectivity index (χ1v) is 12.7. The molecule has 2 aliphatic rings. The van der Waals surface area contributed by atoms with Gasteiger partial charge >= 0.3 is 5.69 Å². The number of pyridine rings is 1. The largest absolute Gasteiger partial charge is 0.340 e. The lowest BCUT2D eigenvalue weighted by atomic mass is 10.2. The van der Waals surface area contributed by atoms with Gasteiger partial charge in [0.25, 0.3) is 5.56 Å². The Balaban J connectivity index is 1.20. The molecule has 3 atom stereocenters. The molecule has 1 aliphatic carbocycles. The van der Waals surface area contributed by atoms with Crippen LogP contribution in [-0.2, 0) is 18.4 Å². The molecule has 1 aliphatic heterocycles. The highest BCUT2D eigenvalue weighted by Gasteiger charge is 2.67. The zero-order valence-electron chi connectivity index (χ0n) is 21.9. The molecule has 1 saturated heterocycles. The zero-order valence-corrected chi connectivity index (χ0v) is 21.9. The molecule has 1 N–H and O–H groups in total. The van der Waals surface area contributed by atoms with Crippen LogP contribution in [0.1, 0.15) is 19.9 Å². The highest BCUT2D eigenvalue weighted by molar-refractivity contribution is 5.93. The molecule has 0 bridgehead atoms. The molecule has 2 fully saturated rings. The van der Waals surface area contributed by atoms with E-state index in [-0.39, 0.29) is 28.8 Å². The van der Waals surface area contributed by atoms with Gasteiger partial charge in [0, 0.05) is 49.9 Å². The van der Waals surface area contributed by atoms with Crippen molar-refractivity contribution in [2.75, 3.05) is 23.3 Å². The van der Waals surface area contributed by atoms with Gasteiger partial charge in [0.15, 0.2) is 11.2 Å². The minimum atomic E-state index is -1.08. The third-order valence-corrected chi connectivity index (χ3v) is 7.96. The molecule has 6 rings (SSSR count). The van der Waals surface area contributed by atoms with Crippen molar-refractivity contribution in [3.05, 3.63) is 57.8 Å². The van der Waals surface area contributed by atoms with Crippen molar-refractivity contribution >= 4 is 28.8 Å². The number of aromatic nitrogens is 7. The van der Waals surface area contributed by atoms with Crippen molar-refractivity contribution in [2.45, 2.75) is 32.1 Å². The maximum Gasteiger partial charge on any atom is 0.333 e. The summed E-state index contributed by atoms with van der Waals surface area (Å²) in [6.07, 6.45) is 4.60. The van der Waals surface area contributed by atoms with E-state index in [1.807, 2.05) is 4.90 Å². The van der Waals surface area contributed by atoms with Gasteiger partial charge in [-0.1, -0.05) is 6.07 Å². The Hall–Kier alpha value is -4.93. The average molecular weight is 545 g/mol. The van der Waals surface area contributed by atoms with Crippen LogP contribution in [0.5, 0.6) is 0 Å². The number of anilines is 2. The summed E-state index contributed by atoms with van der Waals surface area (Å²) in [6.45, 7) is 4.01. The van der Waals surface area contributed by atoms with Crippen molar-refractivity contribution in [1.82, 2.24) is 33.6 Å². The van der Waals surface area contributed by atoms with Crippen LogP contribution in [0, 0.1) is 23.2 Å². The quantitative estimate of drug-likeness (QED) is 0.377. The Morgan fingerprint density at radius 2 is 1.93 bits per heavy atom. The predicted molar refractivity (Wildman–Crippen MR) is 142 cm³/mol. The van der Waals surface area contributed by atoms with Gasteiger partial charge < -0.3 is 14.8 Å². The number of nitrogens with one attached hydrogen (secondary N) is 1. The standard InChI is InChI=1S/C26H25FN10O3/c1-14(37-13-31-21-20(37)23(39)36(8-7-28)25(40)34(21)3)22(38)33-19-6-4-5-18(32-19)15-9-29-24(30-10-15)35-11-16-17(12-35)26(16,2)27/h4-6,9-10,13-14,16-17H,8,11-12H2,1-3H3,(H,32,33,38)/t14-,16?,17?,26?/m0/s1. The second kappa shape index (κ2) is 9.08. The Kier molecular flexibility index (Phi) is 5.75. The summed E-state index contributed by atoms with van der Waals surface area (Å²) in [4.78, 5) is 58.1. The number of amides is 1. The SMILES string of the molecule is C[C@@H](C(=O)Nc1cccc(-c2cnc(N3CC4C(C3)C4(C)F)nc2)n1)n1cnc2c1c(=O)n(CC#N)c(=O)n2C. The van der Waals surface area contributed by atoms with E-state index in [1.165, 1.54) is 17.9 Å². The highest BCUT2D eigenvalue weighted by atomic mass is 19.1. The monoisotopic (exact) mass is 544 g/mol.